The Kier molecular flexibility index (Phi) is 2.45. The first kappa shape index (κ1) is 13.4. The maximum atomic E-state index is 13.1. The molecule has 1 heterocycles. The molecule has 6 atom stereocenters. The lowest BCUT2D eigenvalue weighted by atomic mass is 9.63. The van der Waals surface area contributed by atoms with Gasteiger partial charge in [-0.2, -0.15) is 0 Å². The van der Waals surface area contributed by atoms with Gasteiger partial charge in [-0.1, -0.05) is 18.2 Å². The summed E-state index contributed by atoms with van der Waals surface area (Å²) in [5.41, 5.74) is 3.54. The smallest absolute Gasteiger partial charge is 0.238 e. The van der Waals surface area contributed by atoms with Crippen LogP contribution in [0, 0.1) is 35.5 Å². The highest BCUT2D eigenvalue weighted by Crippen LogP contribution is 2.65. The van der Waals surface area contributed by atoms with Gasteiger partial charge in [-0.25, -0.2) is 0 Å². The Morgan fingerprint density at radius 3 is 2.12 bits per heavy atom. The second-order valence-corrected chi connectivity index (χ2v) is 8.33. The molecule has 1 aliphatic heterocycles. The van der Waals surface area contributed by atoms with E-state index in [1.54, 1.807) is 0 Å². The summed E-state index contributed by atoms with van der Waals surface area (Å²) in [6.07, 6.45) is 10.3. The number of carbonyl (C=O) groups excluding carboxylic acids is 2. The molecule has 122 valence electrons. The van der Waals surface area contributed by atoms with Gasteiger partial charge in [0, 0.05) is 0 Å². The van der Waals surface area contributed by atoms with Crippen molar-refractivity contribution in [1.29, 1.82) is 0 Å². The molecule has 24 heavy (non-hydrogen) atoms. The van der Waals surface area contributed by atoms with Crippen LogP contribution in [-0.4, -0.2) is 11.8 Å². The number of benzene rings is 1. The maximum absolute atomic E-state index is 13.1. The van der Waals surface area contributed by atoms with Crippen LogP contribution < -0.4 is 4.90 Å². The number of allylic oxidation sites excluding steroid dienone is 2. The highest BCUT2D eigenvalue weighted by Gasteiger charge is 2.67. The molecular formula is C21H21NO2. The molecule has 2 bridgehead atoms. The predicted octanol–water partition coefficient (Wildman–Crippen LogP) is 3.12. The van der Waals surface area contributed by atoms with Crippen LogP contribution in [0.1, 0.15) is 30.4 Å². The quantitative estimate of drug-likeness (QED) is 0.589. The van der Waals surface area contributed by atoms with Crippen molar-refractivity contribution in [3.8, 4) is 0 Å². The highest BCUT2D eigenvalue weighted by molar-refractivity contribution is 6.22. The van der Waals surface area contributed by atoms with Crippen LogP contribution in [0.3, 0.4) is 0 Å². The molecule has 0 N–H and O–H groups in total. The lowest BCUT2D eigenvalue weighted by molar-refractivity contribution is -0.124. The summed E-state index contributed by atoms with van der Waals surface area (Å²) in [6.45, 7) is 0. The largest absolute Gasteiger partial charge is 0.274 e. The summed E-state index contributed by atoms with van der Waals surface area (Å²) in [5.74, 6) is 1.90. The zero-order valence-electron chi connectivity index (χ0n) is 13.7. The van der Waals surface area contributed by atoms with Crippen molar-refractivity contribution in [1.82, 2.24) is 0 Å². The molecule has 1 saturated heterocycles. The molecule has 7 rings (SSSR count). The summed E-state index contributed by atoms with van der Waals surface area (Å²) in [6, 6.07) is 6.24. The third kappa shape index (κ3) is 1.54. The van der Waals surface area contributed by atoms with E-state index in [-0.39, 0.29) is 23.7 Å². The van der Waals surface area contributed by atoms with E-state index in [4.69, 9.17) is 0 Å². The van der Waals surface area contributed by atoms with Crippen LogP contribution in [0.15, 0.2) is 30.4 Å². The van der Waals surface area contributed by atoms with Gasteiger partial charge in [-0.3, -0.25) is 14.5 Å². The van der Waals surface area contributed by atoms with Crippen LogP contribution in [0.25, 0.3) is 0 Å². The SMILES string of the molecule is O=C1[C@@H]2[C@H]3C=C[C@@H]([C@@H]4C[C@@H]34)[C@@H]2C(=O)N1c1ccc2c(c1)CCCC2. The lowest BCUT2D eigenvalue weighted by Gasteiger charge is -2.37. The fourth-order valence-electron chi connectivity index (χ4n) is 6.07. The maximum Gasteiger partial charge on any atom is 0.238 e. The summed E-state index contributed by atoms with van der Waals surface area (Å²) >= 11 is 0. The van der Waals surface area contributed by atoms with Crippen LogP contribution in [-0.2, 0) is 22.4 Å². The number of carbonyl (C=O) groups is 2. The number of aryl methyl sites for hydroxylation is 2. The topological polar surface area (TPSA) is 37.4 Å². The van der Waals surface area contributed by atoms with Crippen LogP contribution in [0.5, 0.6) is 0 Å². The van der Waals surface area contributed by atoms with E-state index in [1.165, 1.54) is 35.3 Å². The van der Waals surface area contributed by atoms with Gasteiger partial charge in [-0.15, -0.1) is 0 Å². The number of rotatable bonds is 1. The van der Waals surface area contributed by atoms with Crippen molar-refractivity contribution in [2.75, 3.05) is 4.90 Å². The molecule has 0 unspecified atom stereocenters. The Balaban J connectivity index is 1.41. The van der Waals surface area contributed by atoms with Crippen molar-refractivity contribution in [3.63, 3.8) is 0 Å². The number of hydrogen-bond acceptors (Lipinski definition) is 2. The van der Waals surface area contributed by atoms with Crippen molar-refractivity contribution < 1.29 is 9.59 Å². The second kappa shape index (κ2) is 4.38. The third-order valence-electron chi connectivity index (χ3n) is 7.25. The van der Waals surface area contributed by atoms with Gasteiger partial charge in [0.15, 0.2) is 0 Å². The average molecular weight is 319 g/mol. The standard InChI is InChI=1S/C21H21NO2/c23-20-18-14-7-8-15(17-10-16(14)17)19(18)21(24)22(20)13-6-5-11-3-1-2-4-12(11)9-13/h5-9,14-19H,1-4,10H2/t14-,15-,16-,17-,18-,19+/m0/s1. The predicted molar refractivity (Wildman–Crippen MR) is 90.3 cm³/mol. The number of anilines is 1. The van der Waals surface area contributed by atoms with E-state index in [0.29, 0.717) is 23.7 Å². The lowest BCUT2D eigenvalue weighted by Crippen LogP contribution is -2.40. The molecule has 5 aliphatic carbocycles. The fourth-order valence-corrected chi connectivity index (χ4v) is 6.07. The minimum absolute atomic E-state index is 0.0606. The van der Waals surface area contributed by atoms with Crippen molar-refractivity contribution >= 4 is 17.5 Å². The number of hydrogen-bond donors (Lipinski definition) is 0. The zero-order chi connectivity index (χ0) is 16.0. The van der Waals surface area contributed by atoms with Gasteiger partial charge in [0.25, 0.3) is 0 Å². The molecule has 3 fully saturated rings. The molecule has 6 aliphatic rings. The van der Waals surface area contributed by atoms with Crippen molar-refractivity contribution in [3.05, 3.63) is 41.5 Å². The van der Waals surface area contributed by atoms with E-state index in [1.807, 2.05) is 6.07 Å². The average Bonchev–Trinajstić information content (AvgIpc) is 3.39. The Morgan fingerprint density at radius 2 is 1.46 bits per heavy atom. The molecule has 2 saturated carbocycles. The second-order valence-electron chi connectivity index (χ2n) is 8.33. The number of imide groups is 1. The number of fused-ring (bicyclic) bond motifs is 1. The summed E-state index contributed by atoms with van der Waals surface area (Å²) in [5, 5.41) is 0. The summed E-state index contributed by atoms with van der Waals surface area (Å²) in [4.78, 5) is 27.8. The first-order chi connectivity index (χ1) is 11.7. The Bertz CT molecular complexity index is 774. The minimum Gasteiger partial charge on any atom is -0.274 e. The van der Waals surface area contributed by atoms with Crippen LogP contribution in [0.2, 0.25) is 0 Å². The van der Waals surface area contributed by atoms with Gasteiger partial charge in [0.2, 0.25) is 11.8 Å². The summed E-state index contributed by atoms with van der Waals surface area (Å²) in [7, 11) is 0. The highest BCUT2D eigenvalue weighted by atomic mass is 16.2. The van der Waals surface area contributed by atoms with Gasteiger partial charge in [0.05, 0.1) is 17.5 Å². The molecule has 3 nitrogen and oxygen atoms in total. The Hall–Kier alpha value is -1.90. The van der Waals surface area contributed by atoms with Gasteiger partial charge in [0.1, 0.15) is 0 Å². The van der Waals surface area contributed by atoms with Gasteiger partial charge in [-0.05, 0) is 79.0 Å². The Labute approximate surface area is 141 Å². The first-order valence-electron chi connectivity index (χ1n) is 9.42. The first-order valence-corrected chi connectivity index (χ1v) is 9.42. The van der Waals surface area contributed by atoms with Crippen molar-refractivity contribution in [2.45, 2.75) is 32.1 Å². The molecule has 3 heteroatoms. The van der Waals surface area contributed by atoms with Gasteiger partial charge >= 0.3 is 0 Å². The van der Waals surface area contributed by atoms with E-state index >= 15 is 0 Å². The monoisotopic (exact) mass is 319 g/mol. The number of nitrogens with zero attached hydrogens (tertiary/aromatic N) is 1. The number of amides is 2. The fraction of sp³-hybridized carbons (Fsp3) is 0.524. The molecule has 0 radical (unpaired) electrons. The van der Waals surface area contributed by atoms with Crippen LogP contribution >= 0.6 is 0 Å². The van der Waals surface area contributed by atoms with E-state index < -0.39 is 0 Å². The zero-order valence-corrected chi connectivity index (χ0v) is 13.7. The minimum atomic E-state index is -0.0905. The van der Waals surface area contributed by atoms with E-state index in [2.05, 4.69) is 24.3 Å². The van der Waals surface area contributed by atoms with E-state index in [9.17, 15) is 9.59 Å². The summed E-state index contributed by atoms with van der Waals surface area (Å²) < 4.78 is 0. The molecule has 0 aromatic heterocycles. The molecule has 1 aromatic carbocycles. The van der Waals surface area contributed by atoms with Crippen molar-refractivity contribution in [2.24, 2.45) is 35.5 Å². The Morgan fingerprint density at radius 1 is 0.833 bits per heavy atom. The molecule has 0 spiro atoms. The molecule has 2 amide bonds. The van der Waals surface area contributed by atoms with Crippen LogP contribution in [0.4, 0.5) is 5.69 Å². The molecular weight excluding hydrogens is 298 g/mol. The van der Waals surface area contributed by atoms with E-state index in [0.717, 1.165) is 18.5 Å². The normalized spacial score (nSPS) is 41.2. The molecule has 1 aromatic rings. The third-order valence-corrected chi connectivity index (χ3v) is 7.25. The van der Waals surface area contributed by atoms with Gasteiger partial charge < -0.3 is 0 Å².